The minimum absolute atomic E-state index is 0.118. The van der Waals surface area contributed by atoms with Gasteiger partial charge >= 0.3 is 0 Å². The molecule has 20 heavy (non-hydrogen) atoms. The van der Waals surface area contributed by atoms with Crippen LogP contribution in [0, 0.1) is 23.7 Å². The fourth-order valence-corrected chi connectivity index (χ4v) is 4.45. The normalized spacial score (nSPS) is 40.0. The summed E-state index contributed by atoms with van der Waals surface area (Å²) in [5.74, 6) is 3.22. The lowest BCUT2D eigenvalue weighted by molar-refractivity contribution is 0.232. The molecule has 5 unspecified atom stereocenters. The second-order valence-electron chi connectivity index (χ2n) is 6.38. The summed E-state index contributed by atoms with van der Waals surface area (Å²) in [4.78, 5) is 4.03. The highest BCUT2D eigenvalue weighted by molar-refractivity contribution is 6.29. The molecule has 0 spiro atoms. The van der Waals surface area contributed by atoms with Crippen LogP contribution in [0.4, 0.5) is 4.39 Å². The van der Waals surface area contributed by atoms with Crippen molar-refractivity contribution in [3.8, 4) is 0 Å². The second kappa shape index (κ2) is 5.51. The number of amidine groups is 1. The highest BCUT2D eigenvalue weighted by Gasteiger charge is 2.55. The van der Waals surface area contributed by atoms with E-state index < -0.39 is 0 Å². The maximum absolute atomic E-state index is 13.9. The van der Waals surface area contributed by atoms with Crippen molar-refractivity contribution in [2.45, 2.75) is 45.1 Å². The number of rotatable bonds is 3. The van der Waals surface area contributed by atoms with Crippen LogP contribution in [0.25, 0.3) is 0 Å². The highest BCUT2D eigenvalue weighted by atomic mass is 35.5. The third-order valence-corrected chi connectivity index (χ3v) is 5.35. The fourth-order valence-electron chi connectivity index (χ4n) is 4.36. The summed E-state index contributed by atoms with van der Waals surface area (Å²) in [6, 6.07) is 0.340. The lowest BCUT2D eigenvalue weighted by Gasteiger charge is -2.33. The van der Waals surface area contributed by atoms with Gasteiger partial charge in [-0.3, -0.25) is 0 Å². The van der Waals surface area contributed by atoms with Crippen LogP contribution in [0.2, 0.25) is 0 Å². The van der Waals surface area contributed by atoms with Gasteiger partial charge in [0.25, 0.3) is 0 Å². The van der Waals surface area contributed by atoms with Gasteiger partial charge in [-0.2, -0.15) is 0 Å². The van der Waals surface area contributed by atoms with Crippen molar-refractivity contribution in [2.24, 2.45) is 28.7 Å². The molecule has 5 atom stereocenters. The molecule has 0 amide bonds. The van der Waals surface area contributed by atoms with E-state index in [2.05, 4.69) is 16.9 Å². The van der Waals surface area contributed by atoms with Crippen LogP contribution in [0.5, 0.6) is 0 Å². The molecule has 0 aromatic heterocycles. The first-order valence-electron chi connectivity index (χ1n) is 7.62. The minimum atomic E-state index is -0.348. The molecule has 2 bridgehead atoms. The van der Waals surface area contributed by atoms with E-state index in [4.69, 9.17) is 11.6 Å². The molecule has 0 radical (unpaired) electrons. The number of hydrogen-bond acceptors (Lipinski definition) is 1. The van der Waals surface area contributed by atoms with Crippen molar-refractivity contribution >= 4 is 17.4 Å². The smallest absolute Gasteiger partial charge is 0.163 e. The van der Waals surface area contributed by atoms with E-state index >= 15 is 0 Å². The second-order valence-corrected chi connectivity index (χ2v) is 6.81. The van der Waals surface area contributed by atoms with Crippen LogP contribution < -0.4 is 5.32 Å². The van der Waals surface area contributed by atoms with Crippen LogP contribution in [0.3, 0.4) is 0 Å². The first-order valence-corrected chi connectivity index (χ1v) is 7.99. The Hall–Kier alpha value is -0.830. The van der Waals surface area contributed by atoms with Crippen LogP contribution in [0.1, 0.15) is 39.0 Å². The van der Waals surface area contributed by atoms with Gasteiger partial charge in [-0.1, -0.05) is 31.0 Å². The molecule has 1 N–H and O–H groups in total. The third kappa shape index (κ3) is 2.65. The van der Waals surface area contributed by atoms with Crippen molar-refractivity contribution in [2.75, 3.05) is 0 Å². The third-order valence-electron chi connectivity index (χ3n) is 5.27. The Balaban J connectivity index is 1.77. The summed E-state index contributed by atoms with van der Waals surface area (Å²) in [5, 5.41) is 3.45. The number of fused-ring (bicyclic) bond motifs is 3. The molecule has 0 aromatic carbocycles. The van der Waals surface area contributed by atoms with Crippen molar-refractivity contribution < 1.29 is 4.39 Å². The van der Waals surface area contributed by atoms with Crippen molar-refractivity contribution in [1.82, 2.24) is 5.32 Å². The maximum atomic E-state index is 13.9. The SMILES string of the molecule is C=C(Cl)/N=C(NC1CC2CCCC1C1CC21)\C(F)=C/C. The zero-order valence-electron chi connectivity index (χ0n) is 11.9. The number of halogens is 2. The van der Waals surface area contributed by atoms with Crippen LogP contribution in [0.15, 0.2) is 28.6 Å². The summed E-state index contributed by atoms with van der Waals surface area (Å²) >= 11 is 5.72. The Kier molecular flexibility index (Phi) is 3.89. The monoisotopic (exact) mass is 296 g/mol. The molecular formula is C16H22ClFN2. The van der Waals surface area contributed by atoms with E-state index in [-0.39, 0.29) is 16.8 Å². The van der Waals surface area contributed by atoms with E-state index in [0.717, 1.165) is 24.2 Å². The van der Waals surface area contributed by atoms with Gasteiger partial charge in [0.1, 0.15) is 5.16 Å². The predicted octanol–water partition coefficient (Wildman–Crippen LogP) is 4.38. The first-order chi connectivity index (χ1) is 9.60. The zero-order valence-corrected chi connectivity index (χ0v) is 12.7. The van der Waals surface area contributed by atoms with Gasteiger partial charge in [0.05, 0.1) is 0 Å². The van der Waals surface area contributed by atoms with E-state index in [1.165, 1.54) is 31.8 Å². The molecule has 4 heteroatoms. The van der Waals surface area contributed by atoms with E-state index in [1.54, 1.807) is 6.92 Å². The number of nitrogens with one attached hydrogen (secondary N) is 1. The highest BCUT2D eigenvalue weighted by Crippen LogP contribution is 2.60. The Labute approximate surface area is 125 Å². The molecule has 2 nitrogen and oxygen atoms in total. The molecule has 4 fully saturated rings. The Morgan fingerprint density at radius 2 is 2.10 bits per heavy atom. The molecule has 4 rings (SSSR count). The van der Waals surface area contributed by atoms with Crippen molar-refractivity contribution in [1.29, 1.82) is 0 Å². The molecule has 110 valence electrons. The fraction of sp³-hybridized carbons (Fsp3) is 0.688. The lowest BCUT2D eigenvalue weighted by atomic mass is 9.80. The van der Waals surface area contributed by atoms with Gasteiger partial charge < -0.3 is 5.32 Å². The van der Waals surface area contributed by atoms with E-state index in [9.17, 15) is 4.39 Å². The predicted molar refractivity (Wildman–Crippen MR) is 81.3 cm³/mol. The van der Waals surface area contributed by atoms with E-state index in [0.29, 0.717) is 12.0 Å². The average Bonchev–Trinajstić information content (AvgIpc) is 3.19. The molecular weight excluding hydrogens is 275 g/mol. The topological polar surface area (TPSA) is 24.4 Å². The van der Waals surface area contributed by atoms with Gasteiger partial charge in [0.15, 0.2) is 11.7 Å². The van der Waals surface area contributed by atoms with Crippen LogP contribution in [-0.2, 0) is 0 Å². The van der Waals surface area contributed by atoms with Gasteiger partial charge in [0, 0.05) is 6.04 Å². The van der Waals surface area contributed by atoms with Crippen molar-refractivity contribution in [3.63, 3.8) is 0 Å². The zero-order chi connectivity index (χ0) is 14.3. The summed E-state index contributed by atoms with van der Waals surface area (Å²) < 4.78 is 13.9. The maximum Gasteiger partial charge on any atom is 0.163 e. The molecule has 0 aromatic rings. The number of aliphatic imine (C=N–C) groups is 1. The summed E-state index contributed by atoms with van der Waals surface area (Å²) in [5.41, 5.74) is 0. The average molecular weight is 297 g/mol. The van der Waals surface area contributed by atoms with E-state index in [1.807, 2.05) is 0 Å². The number of nitrogens with zero attached hydrogens (tertiary/aromatic N) is 1. The number of hydrogen-bond donors (Lipinski definition) is 1. The molecule has 4 aliphatic carbocycles. The lowest BCUT2D eigenvalue weighted by Crippen LogP contribution is -2.44. The quantitative estimate of drug-likeness (QED) is 0.466. The first kappa shape index (κ1) is 14.1. The molecule has 0 saturated heterocycles. The summed E-state index contributed by atoms with van der Waals surface area (Å²) in [6.07, 6.45) is 7.88. The van der Waals surface area contributed by atoms with Crippen LogP contribution >= 0.6 is 11.6 Å². The minimum Gasteiger partial charge on any atom is -0.365 e. The van der Waals surface area contributed by atoms with Gasteiger partial charge in [-0.25, -0.2) is 9.38 Å². The van der Waals surface area contributed by atoms with Gasteiger partial charge in [-0.05, 0) is 55.9 Å². The largest absolute Gasteiger partial charge is 0.365 e. The Morgan fingerprint density at radius 3 is 2.80 bits per heavy atom. The van der Waals surface area contributed by atoms with Gasteiger partial charge in [0.2, 0.25) is 0 Å². The van der Waals surface area contributed by atoms with Crippen molar-refractivity contribution in [3.05, 3.63) is 23.6 Å². The van der Waals surface area contributed by atoms with Crippen LogP contribution in [-0.4, -0.2) is 11.9 Å². The molecule has 4 saturated carbocycles. The molecule has 0 aliphatic heterocycles. The van der Waals surface area contributed by atoms with Gasteiger partial charge in [-0.15, -0.1) is 0 Å². The molecule has 4 aliphatic rings. The summed E-state index contributed by atoms with van der Waals surface area (Å²) in [7, 11) is 0. The summed E-state index contributed by atoms with van der Waals surface area (Å²) in [6.45, 7) is 5.20. The standard InChI is InChI=1S/C16H22ClFN2/c1-3-14(18)16(19-9(2)17)20-15-7-10-5-4-6-11(15)13-8-12(10)13/h3,10-13,15H,2,4-8H2,1H3,(H,19,20)/b14-3+. The Bertz CT molecular complexity index is 471. The Morgan fingerprint density at radius 1 is 1.30 bits per heavy atom. The molecule has 0 heterocycles. The number of allylic oxidation sites excluding steroid dienone is 1.